The van der Waals surface area contributed by atoms with Crippen LogP contribution in [0.1, 0.15) is 40.0 Å². The molecule has 1 nitrogen and oxygen atoms in total. The van der Waals surface area contributed by atoms with Crippen LogP contribution in [0.2, 0.25) is 0 Å². The van der Waals surface area contributed by atoms with E-state index in [1.807, 2.05) is 0 Å². The van der Waals surface area contributed by atoms with Gasteiger partial charge in [0.1, 0.15) is 0 Å². The molecule has 0 aromatic rings. The molecule has 4 unspecified atom stereocenters. The maximum absolute atomic E-state index is 3.42. The quantitative estimate of drug-likeness (QED) is 0.750. The van der Waals surface area contributed by atoms with E-state index in [2.05, 4.69) is 44.9 Å². The molecule has 0 saturated heterocycles. The van der Waals surface area contributed by atoms with Gasteiger partial charge < -0.3 is 5.32 Å². The van der Waals surface area contributed by atoms with Gasteiger partial charge in [0.2, 0.25) is 0 Å². The van der Waals surface area contributed by atoms with Gasteiger partial charge >= 0.3 is 0 Å². The van der Waals surface area contributed by atoms with E-state index in [1.54, 1.807) is 0 Å². The zero-order chi connectivity index (χ0) is 9.84. The van der Waals surface area contributed by atoms with Gasteiger partial charge in [-0.2, -0.15) is 11.8 Å². The molecular formula is C11H23NS. The minimum absolute atomic E-state index is 0.765. The Labute approximate surface area is 87.1 Å². The number of thioether (sulfide) groups is 1. The van der Waals surface area contributed by atoms with Crippen molar-refractivity contribution in [1.82, 2.24) is 5.32 Å². The first-order chi connectivity index (χ1) is 6.19. The van der Waals surface area contributed by atoms with Crippen molar-refractivity contribution in [2.24, 2.45) is 5.92 Å². The smallest absolute Gasteiger partial charge is 0.0101 e. The Morgan fingerprint density at radius 1 is 1.46 bits per heavy atom. The topological polar surface area (TPSA) is 12.0 Å². The van der Waals surface area contributed by atoms with Crippen molar-refractivity contribution in [3.8, 4) is 0 Å². The largest absolute Gasteiger partial charge is 0.317 e. The minimum Gasteiger partial charge on any atom is -0.317 e. The molecule has 1 aliphatic carbocycles. The Bertz CT molecular complexity index is 149. The molecule has 0 amide bonds. The molecule has 0 aromatic carbocycles. The maximum Gasteiger partial charge on any atom is 0.0101 e. The Balaban J connectivity index is 2.36. The van der Waals surface area contributed by atoms with Crippen LogP contribution in [0.15, 0.2) is 0 Å². The molecule has 4 atom stereocenters. The van der Waals surface area contributed by atoms with Gasteiger partial charge in [-0.1, -0.05) is 20.8 Å². The summed E-state index contributed by atoms with van der Waals surface area (Å²) in [6.07, 6.45) is 4.07. The molecule has 1 fully saturated rings. The molecule has 1 saturated carbocycles. The highest BCUT2D eigenvalue weighted by Crippen LogP contribution is 2.37. The lowest BCUT2D eigenvalue weighted by atomic mass is 10.1. The Morgan fingerprint density at radius 3 is 2.62 bits per heavy atom. The average Bonchev–Trinajstić information content (AvgIpc) is 2.48. The van der Waals surface area contributed by atoms with Crippen LogP contribution >= 0.6 is 11.8 Å². The van der Waals surface area contributed by atoms with E-state index >= 15 is 0 Å². The fourth-order valence-corrected chi connectivity index (χ4v) is 3.62. The highest BCUT2D eigenvalue weighted by Gasteiger charge is 2.32. The van der Waals surface area contributed by atoms with Gasteiger partial charge in [0, 0.05) is 16.5 Å². The van der Waals surface area contributed by atoms with Crippen LogP contribution in [0.4, 0.5) is 0 Å². The van der Waals surface area contributed by atoms with Gasteiger partial charge in [-0.05, 0) is 32.2 Å². The third kappa shape index (κ3) is 2.88. The van der Waals surface area contributed by atoms with E-state index in [0.29, 0.717) is 0 Å². The van der Waals surface area contributed by atoms with Crippen molar-refractivity contribution < 1.29 is 0 Å². The van der Waals surface area contributed by atoms with Crippen LogP contribution in [-0.2, 0) is 0 Å². The first-order valence-corrected chi connectivity index (χ1v) is 6.46. The summed E-state index contributed by atoms with van der Waals surface area (Å²) in [5.41, 5.74) is 0. The molecule has 0 spiro atoms. The van der Waals surface area contributed by atoms with Gasteiger partial charge in [-0.15, -0.1) is 0 Å². The fraction of sp³-hybridized carbons (Fsp3) is 1.00. The van der Waals surface area contributed by atoms with E-state index in [0.717, 1.165) is 22.5 Å². The van der Waals surface area contributed by atoms with Crippen LogP contribution in [0.3, 0.4) is 0 Å². The molecule has 1 N–H and O–H groups in total. The second kappa shape index (κ2) is 5.26. The number of hydrogen-bond donors (Lipinski definition) is 1. The van der Waals surface area contributed by atoms with Gasteiger partial charge in [-0.25, -0.2) is 0 Å². The summed E-state index contributed by atoms with van der Waals surface area (Å²) in [4.78, 5) is 0. The molecule has 1 rings (SSSR count). The summed E-state index contributed by atoms with van der Waals surface area (Å²) in [7, 11) is 2.09. The van der Waals surface area contributed by atoms with E-state index < -0.39 is 0 Å². The average molecular weight is 201 g/mol. The summed E-state index contributed by atoms with van der Waals surface area (Å²) < 4.78 is 0. The highest BCUT2D eigenvalue weighted by atomic mass is 32.2. The molecule has 0 bridgehead atoms. The van der Waals surface area contributed by atoms with Crippen molar-refractivity contribution in [3.63, 3.8) is 0 Å². The summed E-state index contributed by atoms with van der Waals surface area (Å²) in [6, 6.07) is 0.765. The zero-order valence-corrected chi connectivity index (χ0v) is 10.2. The third-order valence-corrected chi connectivity index (χ3v) is 5.15. The van der Waals surface area contributed by atoms with E-state index in [1.165, 1.54) is 19.3 Å². The SMILES string of the molecule is CCC(C)SC1CCC(NC)C1C. The van der Waals surface area contributed by atoms with Crippen LogP contribution in [-0.4, -0.2) is 23.6 Å². The van der Waals surface area contributed by atoms with Gasteiger partial charge in [-0.3, -0.25) is 0 Å². The number of hydrogen-bond acceptors (Lipinski definition) is 2. The Kier molecular flexibility index (Phi) is 4.60. The predicted molar refractivity (Wildman–Crippen MR) is 62.4 cm³/mol. The first-order valence-electron chi connectivity index (χ1n) is 5.51. The fourth-order valence-electron chi connectivity index (χ4n) is 2.12. The standard InChI is InChI=1S/C11H23NS/c1-5-8(2)13-11-7-6-10(12-4)9(11)3/h8-12H,5-7H2,1-4H3. The lowest BCUT2D eigenvalue weighted by Crippen LogP contribution is -2.30. The van der Waals surface area contributed by atoms with Crippen molar-refractivity contribution >= 4 is 11.8 Å². The highest BCUT2D eigenvalue weighted by molar-refractivity contribution is 8.00. The Morgan fingerprint density at radius 2 is 2.15 bits per heavy atom. The molecule has 0 aliphatic heterocycles. The molecule has 2 heteroatoms. The number of rotatable bonds is 4. The molecule has 0 radical (unpaired) electrons. The predicted octanol–water partition coefficient (Wildman–Crippen LogP) is 2.90. The Hall–Kier alpha value is 0.310. The second-order valence-electron chi connectivity index (χ2n) is 4.23. The van der Waals surface area contributed by atoms with Crippen LogP contribution < -0.4 is 5.32 Å². The monoisotopic (exact) mass is 201 g/mol. The minimum atomic E-state index is 0.765. The third-order valence-electron chi connectivity index (χ3n) is 3.34. The van der Waals surface area contributed by atoms with Crippen LogP contribution in [0.5, 0.6) is 0 Å². The first kappa shape index (κ1) is 11.4. The van der Waals surface area contributed by atoms with Crippen LogP contribution in [0.25, 0.3) is 0 Å². The van der Waals surface area contributed by atoms with Crippen molar-refractivity contribution in [1.29, 1.82) is 0 Å². The lowest BCUT2D eigenvalue weighted by molar-refractivity contribution is 0.463. The van der Waals surface area contributed by atoms with Crippen molar-refractivity contribution in [2.45, 2.75) is 56.6 Å². The van der Waals surface area contributed by atoms with Gasteiger partial charge in [0.05, 0.1) is 0 Å². The van der Waals surface area contributed by atoms with Crippen molar-refractivity contribution in [2.75, 3.05) is 7.05 Å². The number of nitrogens with one attached hydrogen (secondary N) is 1. The summed E-state index contributed by atoms with van der Waals surface area (Å²) in [5, 5.41) is 5.15. The van der Waals surface area contributed by atoms with E-state index in [-0.39, 0.29) is 0 Å². The second-order valence-corrected chi connectivity index (χ2v) is 5.91. The van der Waals surface area contributed by atoms with E-state index in [4.69, 9.17) is 0 Å². The summed E-state index contributed by atoms with van der Waals surface area (Å²) >= 11 is 2.19. The van der Waals surface area contributed by atoms with Gasteiger partial charge in [0.25, 0.3) is 0 Å². The summed E-state index contributed by atoms with van der Waals surface area (Å²) in [6.45, 7) is 7.03. The van der Waals surface area contributed by atoms with Crippen LogP contribution in [0, 0.1) is 5.92 Å². The molecule has 13 heavy (non-hydrogen) atoms. The summed E-state index contributed by atoms with van der Waals surface area (Å²) in [5.74, 6) is 0.851. The van der Waals surface area contributed by atoms with Gasteiger partial charge in [0.15, 0.2) is 0 Å². The molecule has 0 aromatic heterocycles. The molecule has 0 heterocycles. The molecule has 1 aliphatic rings. The molecular weight excluding hydrogens is 178 g/mol. The lowest BCUT2D eigenvalue weighted by Gasteiger charge is -2.22. The van der Waals surface area contributed by atoms with E-state index in [9.17, 15) is 0 Å². The van der Waals surface area contributed by atoms with Crippen molar-refractivity contribution in [3.05, 3.63) is 0 Å². The normalized spacial score (nSPS) is 36.5. The molecule has 78 valence electrons. The maximum atomic E-state index is 3.42. The zero-order valence-electron chi connectivity index (χ0n) is 9.34.